The van der Waals surface area contributed by atoms with Gasteiger partial charge in [-0.25, -0.2) is 0 Å². The highest BCUT2D eigenvalue weighted by Crippen LogP contribution is 2.28. The molecule has 2 saturated heterocycles. The Balaban J connectivity index is 1.95. The molecule has 2 rings (SSSR count). The lowest BCUT2D eigenvalue weighted by molar-refractivity contribution is 0.0508. The second-order valence-corrected chi connectivity index (χ2v) is 5.62. The van der Waals surface area contributed by atoms with Crippen LogP contribution >= 0.6 is 0 Å². The summed E-state index contributed by atoms with van der Waals surface area (Å²) >= 11 is 0. The summed E-state index contributed by atoms with van der Waals surface area (Å²) in [5.74, 6) is 1.57. The lowest BCUT2D eigenvalue weighted by Crippen LogP contribution is -2.52. The Morgan fingerprint density at radius 3 is 2.88 bits per heavy atom. The van der Waals surface area contributed by atoms with Crippen molar-refractivity contribution in [3.05, 3.63) is 0 Å². The minimum atomic E-state index is 0.597. The van der Waals surface area contributed by atoms with E-state index >= 15 is 0 Å². The molecule has 16 heavy (non-hydrogen) atoms. The van der Waals surface area contributed by atoms with Crippen molar-refractivity contribution in [3.63, 3.8) is 0 Å². The van der Waals surface area contributed by atoms with E-state index in [0.29, 0.717) is 12.1 Å². The highest BCUT2D eigenvalue weighted by molar-refractivity contribution is 4.87. The average molecular weight is 226 g/mol. The summed E-state index contributed by atoms with van der Waals surface area (Å²) in [6.45, 7) is 8.64. The zero-order chi connectivity index (χ0) is 11.5. The van der Waals surface area contributed by atoms with Crippen molar-refractivity contribution in [2.24, 2.45) is 17.6 Å². The first-order chi connectivity index (χ1) is 7.72. The molecular formula is C13H26N2O. The van der Waals surface area contributed by atoms with Crippen LogP contribution in [0.5, 0.6) is 0 Å². The molecule has 2 fully saturated rings. The van der Waals surface area contributed by atoms with E-state index in [1.807, 2.05) is 0 Å². The molecule has 94 valence electrons. The highest BCUT2D eigenvalue weighted by atomic mass is 16.5. The number of ether oxygens (including phenoxy) is 1. The van der Waals surface area contributed by atoms with Gasteiger partial charge in [0, 0.05) is 25.2 Å². The molecule has 0 aromatic rings. The maximum atomic E-state index is 5.92. The first-order valence-electron chi connectivity index (χ1n) is 6.76. The topological polar surface area (TPSA) is 38.5 Å². The molecule has 0 radical (unpaired) electrons. The van der Waals surface area contributed by atoms with Gasteiger partial charge in [0.1, 0.15) is 0 Å². The van der Waals surface area contributed by atoms with Crippen LogP contribution < -0.4 is 5.73 Å². The van der Waals surface area contributed by atoms with Crippen molar-refractivity contribution >= 4 is 0 Å². The second kappa shape index (κ2) is 5.48. The van der Waals surface area contributed by atoms with Gasteiger partial charge in [-0.05, 0) is 44.6 Å². The summed E-state index contributed by atoms with van der Waals surface area (Å²) in [5.41, 5.74) is 5.92. The first kappa shape index (κ1) is 12.3. The zero-order valence-corrected chi connectivity index (χ0v) is 10.7. The lowest BCUT2D eigenvalue weighted by atomic mass is 9.88. The number of piperidine rings is 1. The quantitative estimate of drug-likeness (QED) is 0.792. The Kier molecular flexibility index (Phi) is 4.22. The van der Waals surface area contributed by atoms with Crippen molar-refractivity contribution in [2.45, 2.75) is 45.2 Å². The number of nitrogens with zero attached hydrogens (tertiary/aromatic N) is 1. The lowest BCUT2D eigenvalue weighted by Gasteiger charge is -2.43. The van der Waals surface area contributed by atoms with Crippen LogP contribution in [0.25, 0.3) is 0 Å². The third kappa shape index (κ3) is 2.58. The van der Waals surface area contributed by atoms with E-state index < -0.39 is 0 Å². The fourth-order valence-electron chi connectivity index (χ4n) is 3.24. The van der Waals surface area contributed by atoms with Gasteiger partial charge in [0.2, 0.25) is 0 Å². The molecule has 2 aliphatic heterocycles. The van der Waals surface area contributed by atoms with Gasteiger partial charge in [-0.2, -0.15) is 0 Å². The first-order valence-corrected chi connectivity index (χ1v) is 6.76. The fourth-order valence-corrected chi connectivity index (χ4v) is 3.24. The monoisotopic (exact) mass is 226 g/mol. The Morgan fingerprint density at radius 2 is 2.25 bits per heavy atom. The van der Waals surface area contributed by atoms with Crippen LogP contribution in [0.15, 0.2) is 0 Å². The van der Waals surface area contributed by atoms with Gasteiger partial charge < -0.3 is 10.5 Å². The Bertz CT molecular complexity index is 216. The average Bonchev–Trinajstić information content (AvgIpc) is 2.81. The summed E-state index contributed by atoms with van der Waals surface area (Å²) in [6.07, 6.45) is 3.83. The number of nitrogens with two attached hydrogens (primary N) is 1. The van der Waals surface area contributed by atoms with Gasteiger partial charge in [-0.3, -0.25) is 4.90 Å². The summed E-state index contributed by atoms with van der Waals surface area (Å²) in [5, 5.41) is 0. The van der Waals surface area contributed by atoms with Crippen LogP contribution in [-0.4, -0.2) is 43.3 Å². The maximum absolute atomic E-state index is 5.92. The Morgan fingerprint density at radius 1 is 1.44 bits per heavy atom. The SMILES string of the molecule is CC1CCN(C(C)C2CCOC2)C(CN)C1. The van der Waals surface area contributed by atoms with Crippen molar-refractivity contribution in [1.29, 1.82) is 0 Å². The maximum Gasteiger partial charge on any atom is 0.0509 e. The van der Waals surface area contributed by atoms with Crippen LogP contribution in [0, 0.1) is 11.8 Å². The van der Waals surface area contributed by atoms with Crippen LogP contribution in [0.1, 0.15) is 33.1 Å². The fraction of sp³-hybridized carbons (Fsp3) is 1.00. The molecule has 2 aliphatic rings. The number of rotatable bonds is 3. The molecule has 0 aliphatic carbocycles. The van der Waals surface area contributed by atoms with Gasteiger partial charge in [-0.1, -0.05) is 6.92 Å². The van der Waals surface area contributed by atoms with Crippen molar-refractivity contribution in [3.8, 4) is 0 Å². The molecule has 2 N–H and O–H groups in total. The van der Waals surface area contributed by atoms with E-state index in [4.69, 9.17) is 10.5 Å². The predicted molar refractivity (Wildman–Crippen MR) is 66.3 cm³/mol. The number of hydrogen-bond acceptors (Lipinski definition) is 3. The van der Waals surface area contributed by atoms with Gasteiger partial charge in [0.25, 0.3) is 0 Å². The normalized spacial score (nSPS) is 38.8. The van der Waals surface area contributed by atoms with E-state index in [1.54, 1.807) is 0 Å². The third-order valence-electron chi connectivity index (χ3n) is 4.47. The second-order valence-electron chi connectivity index (χ2n) is 5.62. The van der Waals surface area contributed by atoms with Gasteiger partial charge in [-0.15, -0.1) is 0 Å². The molecule has 3 heteroatoms. The molecule has 0 amide bonds. The molecule has 0 bridgehead atoms. The van der Waals surface area contributed by atoms with E-state index in [1.165, 1.54) is 25.8 Å². The molecule has 0 aromatic carbocycles. The summed E-state index contributed by atoms with van der Waals surface area (Å²) in [6, 6.07) is 1.24. The van der Waals surface area contributed by atoms with Gasteiger partial charge in [0.05, 0.1) is 6.61 Å². The summed E-state index contributed by atoms with van der Waals surface area (Å²) < 4.78 is 5.50. The number of likely N-dealkylation sites (tertiary alicyclic amines) is 1. The van der Waals surface area contributed by atoms with E-state index in [-0.39, 0.29) is 0 Å². The van der Waals surface area contributed by atoms with Crippen molar-refractivity contribution in [2.75, 3.05) is 26.3 Å². The van der Waals surface area contributed by atoms with Crippen molar-refractivity contribution in [1.82, 2.24) is 4.90 Å². The summed E-state index contributed by atoms with van der Waals surface area (Å²) in [4.78, 5) is 2.64. The van der Waals surface area contributed by atoms with Crippen LogP contribution in [0.2, 0.25) is 0 Å². The van der Waals surface area contributed by atoms with Gasteiger partial charge >= 0.3 is 0 Å². The zero-order valence-electron chi connectivity index (χ0n) is 10.7. The summed E-state index contributed by atoms with van der Waals surface area (Å²) in [7, 11) is 0. The standard InChI is InChI=1S/C13H26N2O/c1-10-3-5-15(13(7-10)8-14)11(2)12-4-6-16-9-12/h10-13H,3-9,14H2,1-2H3. The molecule has 3 nitrogen and oxygen atoms in total. The minimum Gasteiger partial charge on any atom is -0.381 e. The molecular weight excluding hydrogens is 200 g/mol. The highest BCUT2D eigenvalue weighted by Gasteiger charge is 2.33. The predicted octanol–water partition coefficient (Wildman–Crippen LogP) is 1.47. The van der Waals surface area contributed by atoms with Gasteiger partial charge in [0.15, 0.2) is 0 Å². The van der Waals surface area contributed by atoms with Crippen LogP contribution in [0.4, 0.5) is 0 Å². The van der Waals surface area contributed by atoms with E-state index in [2.05, 4.69) is 18.7 Å². The molecule has 0 saturated carbocycles. The minimum absolute atomic E-state index is 0.597. The van der Waals surface area contributed by atoms with Crippen LogP contribution in [0.3, 0.4) is 0 Å². The Labute approximate surface area is 99.3 Å². The molecule has 4 atom stereocenters. The van der Waals surface area contributed by atoms with E-state index in [9.17, 15) is 0 Å². The smallest absolute Gasteiger partial charge is 0.0509 e. The largest absolute Gasteiger partial charge is 0.381 e. The molecule has 2 heterocycles. The third-order valence-corrected chi connectivity index (χ3v) is 4.47. The van der Waals surface area contributed by atoms with Crippen LogP contribution in [-0.2, 0) is 4.74 Å². The Hall–Kier alpha value is -0.120. The van der Waals surface area contributed by atoms with E-state index in [0.717, 1.165) is 31.6 Å². The van der Waals surface area contributed by atoms with Crippen molar-refractivity contribution < 1.29 is 4.74 Å². The molecule has 0 spiro atoms. The number of hydrogen-bond donors (Lipinski definition) is 1. The molecule has 4 unspecified atom stereocenters. The molecule has 0 aromatic heterocycles.